The fraction of sp³-hybridized carbons (Fsp3) is 0.200. The maximum Gasteiger partial charge on any atom is 0.0949 e. The third kappa shape index (κ3) is 1.75. The summed E-state index contributed by atoms with van der Waals surface area (Å²) < 4.78 is 2.03. The van der Waals surface area contributed by atoms with E-state index >= 15 is 0 Å². The molecular weight excluding hydrogens is 162 g/mol. The lowest BCUT2D eigenvalue weighted by Crippen LogP contribution is -1.98. The lowest BCUT2D eigenvalue weighted by Gasteiger charge is -2.04. The third-order valence-corrected chi connectivity index (χ3v) is 2.06. The number of imidazole rings is 1. The number of rotatable bonds is 2. The van der Waals surface area contributed by atoms with Gasteiger partial charge in [0.05, 0.1) is 12.9 Å². The van der Waals surface area contributed by atoms with Gasteiger partial charge in [-0.05, 0) is 24.1 Å². The average Bonchev–Trinajstić information content (AvgIpc) is 2.61. The molecule has 0 aliphatic carbocycles. The van der Waals surface area contributed by atoms with Crippen LogP contribution in [0.3, 0.4) is 0 Å². The summed E-state index contributed by atoms with van der Waals surface area (Å²) in [6.07, 6.45) is 9.26. The van der Waals surface area contributed by atoms with Crippen LogP contribution in [0.1, 0.15) is 11.1 Å². The van der Waals surface area contributed by atoms with Crippen LogP contribution in [0.2, 0.25) is 0 Å². The van der Waals surface area contributed by atoms with Crippen LogP contribution in [0, 0.1) is 6.92 Å². The summed E-state index contributed by atoms with van der Waals surface area (Å²) >= 11 is 0. The molecule has 0 saturated carbocycles. The first-order valence-electron chi connectivity index (χ1n) is 4.21. The van der Waals surface area contributed by atoms with Crippen LogP contribution in [-0.2, 0) is 6.54 Å². The van der Waals surface area contributed by atoms with Gasteiger partial charge in [0.2, 0.25) is 0 Å². The van der Waals surface area contributed by atoms with Gasteiger partial charge < -0.3 is 4.57 Å². The van der Waals surface area contributed by atoms with Gasteiger partial charge in [-0.25, -0.2) is 4.98 Å². The summed E-state index contributed by atoms with van der Waals surface area (Å²) in [5, 5.41) is 0. The van der Waals surface area contributed by atoms with Gasteiger partial charge in [0, 0.05) is 24.8 Å². The Morgan fingerprint density at radius 3 is 2.92 bits per heavy atom. The molecule has 0 unspecified atom stereocenters. The zero-order valence-corrected chi connectivity index (χ0v) is 7.51. The van der Waals surface area contributed by atoms with Crippen molar-refractivity contribution in [1.82, 2.24) is 14.5 Å². The molecule has 0 aliphatic rings. The highest BCUT2D eigenvalue weighted by Gasteiger charge is 1.97. The van der Waals surface area contributed by atoms with E-state index in [0.29, 0.717) is 0 Å². The number of nitrogens with zero attached hydrogens (tertiary/aromatic N) is 3. The summed E-state index contributed by atoms with van der Waals surface area (Å²) in [6.45, 7) is 2.94. The minimum absolute atomic E-state index is 0.847. The molecule has 0 radical (unpaired) electrons. The first-order valence-corrected chi connectivity index (χ1v) is 4.21. The largest absolute Gasteiger partial charge is 0.333 e. The smallest absolute Gasteiger partial charge is 0.0949 e. The quantitative estimate of drug-likeness (QED) is 0.691. The van der Waals surface area contributed by atoms with Gasteiger partial charge in [-0.15, -0.1) is 0 Å². The van der Waals surface area contributed by atoms with Gasteiger partial charge in [-0.3, -0.25) is 4.98 Å². The van der Waals surface area contributed by atoms with Crippen LogP contribution in [-0.4, -0.2) is 14.5 Å². The molecule has 0 saturated heterocycles. The van der Waals surface area contributed by atoms with Gasteiger partial charge >= 0.3 is 0 Å². The van der Waals surface area contributed by atoms with Gasteiger partial charge in [-0.1, -0.05) is 0 Å². The van der Waals surface area contributed by atoms with Gasteiger partial charge in [-0.2, -0.15) is 0 Å². The van der Waals surface area contributed by atoms with Crippen molar-refractivity contribution in [2.75, 3.05) is 0 Å². The van der Waals surface area contributed by atoms with Crippen molar-refractivity contribution < 1.29 is 0 Å². The molecule has 0 atom stereocenters. The van der Waals surface area contributed by atoms with E-state index in [2.05, 4.69) is 16.9 Å². The molecule has 0 aromatic carbocycles. The number of hydrogen-bond acceptors (Lipinski definition) is 2. The van der Waals surface area contributed by atoms with Crippen molar-refractivity contribution in [2.24, 2.45) is 0 Å². The number of pyridine rings is 1. The molecule has 2 heterocycles. The molecule has 0 amide bonds. The van der Waals surface area contributed by atoms with Crippen molar-refractivity contribution in [3.8, 4) is 0 Å². The van der Waals surface area contributed by atoms with Crippen LogP contribution < -0.4 is 0 Å². The van der Waals surface area contributed by atoms with Gasteiger partial charge in [0.15, 0.2) is 0 Å². The van der Waals surface area contributed by atoms with Crippen molar-refractivity contribution in [3.63, 3.8) is 0 Å². The predicted molar refractivity (Wildman–Crippen MR) is 50.3 cm³/mol. The summed E-state index contributed by atoms with van der Waals surface area (Å²) in [7, 11) is 0. The van der Waals surface area contributed by atoms with E-state index < -0.39 is 0 Å². The van der Waals surface area contributed by atoms with Gasteiger partial charge in [0.1, 0.15) is 0 Å². The monoisotopic (exact) mass is 173 g/mol. The van der Waals surface area contributed by atoms with E-state index in [1.165, 1.54) is 11.1 Å². The Morgan fingerprint density at radius 2 is 2.23 bits per heavy atom. The molecule has 2 aromatic rings. The van der Waals surface area contributed by atoms with Crippen LogP contribution in [0.4, 0.5) is 0 Å². The Hall–Kier alpha value is -1.64. The summed E-state index contributed by atoms with van der Waals surface area (Å²) in [5.74, 6) is 0. The Labute approximate surface area is 77.1 Å². The Balaban J connectivity index is 2.24. The molecule has 0 aliphatic heterocycles. The van der Waals surface area contributed by atoms with Crippen LogP contribution >= 0.6 is 0 Å². The van der Waals surface area contributed by atoms with Crippen LogP contribution in [0.5, 0.6) is 0 Å². The van der Waals surface area contributed by atoms with E-state index in [1.807, 2.05) is 35.6 Å². The SMILES string of the molecule is Cc1ccncc1Cn1ccnc1. The highest BCUT2D eigenvalue weighted by atomic mass is 15.0. The van der Waals surface area contributed by atoms with Crippen molar-refractivity contribution >= 4 is 0 Å². The van der Waals surface area contributed by atoms with E-state index in [1.54, 1.807) is 6.20 Å². The summed E-state index contributed by atoms with van der Waals surface area (Å²) in [4.78, 5) is 8.08. The lowest BCUT2D eigenvalue weighted by atomic mass is 10.2. The maximum atomic E-state index is 4.09. The number of aryl methyl sites for hydroxylation is 1. The van der Waals surface area contributed by atoms with E-state index in [-0.39, 0.29) is 0 Å². The molecule has 3 heteroatoms. The topological polar surface area (TPSA) is 30.7 Å². The lowest BCUT2D eigenvalue weighted by molar-refractivity contribution is 0.788. The molecule has 2 aromatic heterocycles. The Bertz CT molecular complexity index is 379. The second-order valence-electron chi connectivity index (χ2n) is 3.04. The fourth-order valence-corrected chi connectivity index (χ4v) is 1.24. The average molecular weight is 173 g/mol. The molecule has 66 valence electrons. The Kier molecular flexibility index (Phi) is 2.08. The summed E-state index contributed by atoms with van der Waals surface area (Å²) in [6, 6.07) is 2.02. The fourth-order valence-electron chi connectivity index (χ4n) is 1.24. The van der Waals surface area contributed by atoms with Crippen LogP contribution in [0.25, 0.3) is 0 Å². The zero-order chi connectivity index (χ0) is 9.10. The third-order valence-electron chi connectivity index (χ3n) is 2.06. The molecule has 0 spiro atoms. The van der Waals surface area contributed by atoms with Crippen molar-refractivity contribution in [2.45, 2.75) is 13.5 Å². The molecule has 0 N–H and O–H groups in total. The summed E-state index contributed by atoms with van der Waals surface area (Å²) in [5.41, 5.74) is 2.50. The molecular formula is C10H11N3. The molecule has 13 heavy (non-hydrogen) atoms. The standard InChI is InChI=1S/C10H11N3/c1-9-2-3-11-6-10(9)7-13-5-4-12-8-13/h2-6,8H,7H2,1H3. The zero-order valence-electron chi connectivity index (χ0n) is 7.51. The van der Waals surface area contributed by atoms with E-state index in [0.717, 1.165) is 6.54 Å². The van der Waals surface area contributed by atoms with E-state index in [9.17, 15) is 0 Å². The van der Waals surface area contributed by atoms with Crippen molar-refractivity contribution in [1.29, 1.82) is 0 Å². The van der Waals surface area contributed by atoms with Gasteiger partial charge in [0.25, 0.3) is 0 Å². The normalized spacial score (nSPS) is 10.2. The van der Waals surface area contributed by atoms with Crippen LogP contribution in [0.15, 0.2) is 37.2 Å². The Morgan fingerprint density at radius 1 is 1.31 bits per heavy atom. The minimum Gasteiger partial charge on any atom is -0.333 e. The minimum atomic E-state index is 0.847. The first-order chi connectivity index (χ1) is 6.36. The van der Waals surface area contributed by atoms with Crippen molar-refractivity contribution in [3.05, 3.63) is 48.3 Å². The predicted octanol–water partition coefficient (Wildman–Crippen LogP) is 1.63. The molecule has 2 rings (SSSR count). The highest BCUT2D eigenvalue weighted by molar-refractivity contribution is 5.21. The second-order valence-corrected chi connectivity index (χ2v) is 3.04. The number of aromatic nitrogens is 3. The highest BCUT2D eigenvalue weighted by Crippen LogP contribution is 2.06. The first kappa shape index (κ1) is 7.98. The molecule has 3 nitrogen and oxygen atoms in total. The maximum absolute atomic E-state index is 4.09. The molecule has 0 fully saturated rings. The number of hydrogen-bond donors (Lipinski definition) is 0. The van der Waals surface area contributed by atoms with E-state index in [4.69, 9.17) is 0 Å². The second kappa shape index (κ2) is 3.39. The molecule has 0 bridgehead atoms.